The van der Waals surface area contributed by atoms with Crippen LogP contribution in [-0.2, 0) is 6.54 Å². The molecular formula is C18H23FN4O2. The van der Waals surface area contributed by atoms with Crippen molar-refractivity contribution in [2.24, 2.45) is 4.99 Å². The summed E-state index contributed by atoms with van der Waals surface area (Å²) in [5.41, 5.74) is 0.928. The van der Waals surface area contributed by atoms with Crippen LogP contribution < -0.4 is 20.1 Å². The standard InChI is InChI=1S/C18H23FN4O2/c1-13(25-16-8-4-7-15(19)10-16)11-22-18(20-2)23-12-14-6-5-9-21-17(14)24-3/h4-10,13H,11-12H2,1-3H3,(H2,20,22,23). The molecule has 0 amide bonds. The first kappa shape index (κ1) is 18.5. The van der Waals surface area contributed by atoms with Crippen LogP contribution in [0, 0.1) is 5.82 Å². The fourth-order valence-corrected chi connectivity index (χ4v) is 2.20. The lowest BCUT2D eigenvalue weighted by Crippen LogP contribution is -2.41. The van der Waals surface area contributed by atoms with E-state index in [1.54, 1.807) is 32.5 Å². The van der Waals surface area contributed by atoms with Gasteiger partial charge in [-0.05, 0) is 25.1 Å². The van der Waals surface area contributed by atoms with Crippen LogP contribution in [0.2, 0.25) is 0 Å². The summed E-state index contributed by atoms with van der Waals surface area (Å²) >= 11 is 0. The van der Waals surface area contributed by atoms with Crippen molar-refractivity contribution < 1.29 is 13.9 Å². The quantitative estimate of drug-likeness (QED) is 0.595. The van der Waals surface area contributed by atoms with Gasteiger partial charge in [0.15, 0.2) is 5.96 Å². The summed E-state index contributed by atoms with van der Waals surface area (Å²) in [4.78, 5) is 8.33. The zero-order valence-corrected chi connectivity index (χ0v) is 14.6. The van der Waals surface area contributed by atoms with Crippen LogP contribution in [0.25, 0.3) is 0 Å². The summed E-state index contributed by atoms with van der Waals surface area (Å²) in [5, 5.41) is 6.36. The minimum Gasteiger partial charge on any atom is -0.489 e. The van der Waals surface area contributed by atoms with Crippen LogP contribution >= 0.6 is 0 Å². The molecule has 2 N–H and O–H groups in total. The summed E-state index contributed by atoms with van der Waals surface area (Å²) in [6.07, 6.45) is 1.52. The molecule has 2 aromatic rings. The average Bonchev–Trinajstić information content (AvgIpc) is 2.62. The molecule has 0 fully saturated rings. The van der Waals surface area contributed by atoms with Crippen LogP contribution in [0.15, 0.2) is 47.6 Å². The first-order chi connectivity index (χ1) is 12.1. The molecule has 1 heterocycles. The van der Waals surface area contributed by atoms with Gasteiger partial charge in [-0.2, -0.15) is 0 Å². The van der Waals surface area contributed by atoms with E-state index in [1.165, 1.54) is 12.1 Å². The molecule has 1 unspecified atom stereocenters. The normalized spacial score (nSPS) is 12.4. The van der Waals surface area contributed by atoms with Gasteiger partial charge in [-0.15, -0.1) is 0 Å². The number of aromatic nitrogens is 1. The first-order valence-electron chi connectivity index (χ1n) is 7.97. The van der Waals surface area contributed by atoms with Gasteiger partial charge in [-0.1, -0.05) is 12.1 Å². The van der Waals surface area contributed by atoms with Gasteiger partial charge in [0.05, 0.1) is 13.7 Å². The van der Waals surface area contributed by atoms with Crippen LogP contribution in [-0.4, -0.2) is 37.7 Å². The van der Waals surface area contributed by atoms with E-state index < -0.39 is 0 Å². The first-order valence-corrected chi connectivity index (χ1v) is 7.97. The second-order valence-corrected chi connectivity index (χ2v) is 5.36. The lowest BCUT2D eigenvalue weighted by molar-refractivity contribution is 0.223. The molecule has 0 saturated heterocycles. The number of guanidine groups is 1. The second-order valence-electron chi connectivity index (χ2n) is 5.36. The monoisotopic (exact) mass is 346 g/mol. The summed E-state index contributed by atoms with van der Waals surface area (Å²) in [6, 6.07) is 9.87. The van der Waals surface area contributed by atoms with Crippen molar-refractivity contribution in [3.8, 4) is 11.6 Å². The third-order valence-electron chi connectivity index (χ3n) is 3.40. The minimum absolute atomic E-state index is 0.159. The second kappa shape index (κ2) is 9.46. The van der Waals surface area contributed by atoms with E-state index in [-0.39, 0.29) is 11.9 Å². The molecule has 6 nitrogen and oxygen atoms in total. The zero-order valence-electron chi connectivity index (χ0n) is 14.6. The third kappa shape index (κ3) is 5.95. The number of nitrogens with one attached hydrogen (secondary N) is 2. The smallest absolute Gasteiger partial charge is 0.218 e. The Morgan fingerprint density at radius 3 is 2.84 bits per heavy atom. The van der Waals surface area contributed by atoms with E-state index in [1.807, 2.05) is 19.1 Å². The van der Waals surface area contributed by atoms with Gasteiger partial charge < -0.3 is 20.1 Å². The number of pyridine rings is 1. The Morgan fingerprint density at radius 1 is 1.28 bits per heavy atom. The summed E-state index contributed by atoms with van der Waals surface area (Å²) < 4.78 is 24.1. The van der Waals surface area contributed by atoms with E-state index in [4.69, 9.17) is 9.47 Å². The number of benzene rings is 1. The maximum absolute atomic E-state index is 13.2. The topological polar surface area (TPSA) is 67.8 Å². The Hall–Kier alpha value is -2.83. The molecule has 0 aliphatic carbocycles. The predicted octanol–water partition coefficient (Wildman–Crippen LogP) is 2.36. The maximum atomic E-state index is 13.2. The molecule has 0 radical (unpaired) electrons. The Labute approximate surface area is 147 Å². The van der Waals surface area contributed by atoms with Crippen molar-refractivity contribution in [2.45, 2.75) is 19.6 Å². The molecule has 0 aliphatic heterocycles. The molecule has 0 spiro atoms. The van der Waals surface area contributed by atoms with E-state index in [0.717, 1.165) is 5.56 Å². The van der Waals surface area contributed by atoms with E-state index >= 15 is 0 Å². The van der Waals surface area contributed by atoms with Gasteiger partial charge in [0.1, 0.15) is 17.7 Å². The highest BCUT2D eigenvalue weighted by molar-refractivity contribution is 5.79. The molecule has 1 aromatic heterocycles. The van der Waals surface area contributed by atoms with Gasteiger partial charge in [-0.3, -0.25) is 4.99 Å². The van der Waals surface area contributed by atoms with Crippen LogP contribution in [0.1, 0.15) is 12.5 Å². The van der Waals surface area contributed by atoms with Crippen molar-refractivity contribution in [3.63, 3.8) is 0 Å². The Morgan fingerprint density at radius 2 is 2.12 bits per heavy atom. The number of aliphatic imine (C=N–C) groups is 1. The Kier molecular flexibility index (Phi) is 7.00. The number of methoxy groups -OCH3 is 1. The maximum Gasteiger partial charge on any atom is 0.218 e. The van der Waals surface area contributed by atoms with E-state index in [0.29, 0.717) is 30.7 Å². The van der Waals surface area contributed by atoms with Gasteiger partial charge in [-0.25, -0.2) is 9.37 Å². The molecule has 7 heteroatoms. The van der Waals surface area contributed by atoms with Crippen molar-refractivity contribution in [2.75, 3.05) is 20.7 Å². The molecule has 1 atom stereocenters. The average molecular weight is 346 g/mol. The summed E-state index contributed by atoms with van der Waals surface area (Å²) in [7, 11) is 3.28. The SMILES string of the molecule is CN=C(NCc1cccnc1OC)NCC(C)Oc1cccc(F)c1. The number of hydrogen-bond donors (Lipinski definition) is 2. The molecule has 1 aromatic carbocycles. The molecule has 25 heavy (non-hydrogen) atoms. The van der Waals surface area contributed by atoms with Crippen LogP contribution in [0.4, 0.5) is 4.39 Å². The Balaban J connectivity index is 1.81. The number of ether oxygens (including phenoxy) is 2. The molecule has 0 bridgehead atoms. The Bertz CT molecular complexity index is 709. The number of halogens is 1. The van der Waals surface area contributed by atoms with Gasteiger partial charge in [0, 0.05) is 31.4 Å². The highest BCUT2D eigenvalue weighted by Crippen LogP contribution is 2.14. The van der Waals surface area contributed by atoms with E-state index in [9.17, 15) is 4.39 Å². The highest BCUT2D eigenvalue weighted by Gasteiger charge is 2.08. The largest absolute Gasteiger partial charge is 0.489 e. The predicted molar refractivity (Wildman–Crippen MR) is 95.5 cm³/mol. The third-order valence-corrected chi connectivity index (χ3v) is 3.40. The summed E-state index contributed by atoms with van der Waals surface area (Å²) in [6.45, 7) is 2.94. The molecular weight excluding hydrogens is 323 g/mol. The van der Waals surface area contributed by atoms with Crippen molar-refractivity contribution in [1.82, 2.24) is 15.6 Å². The number of nitrogens with zero attached hydrogens (tertiary/aromatic N) is 2. The van der Waals surface area contributed by atoms with Gasteiger partial charge in [0.2, 0.25) is 5.88 Å². The number of hydrogen-bond acceptors (Lipinski definition) is 4. The molecule has 0 aliphatic rings. The number of rotatable bonds is 7. The van der Waals surface area contributed by atoms with Crippen molar-refractivity contribution >= 4 is 5.96 Å². The van der Waals surface area contributed by atoms with Gasteiger partial charge >= 0.3 is 0 Å². The summed E-state index contributed by atoms with van der Waals surface area (Å²) in [5.74, 6) is 1.38. The van der Waals surface area contributed by atoms with Crippen LogP contribution in [0.5, 0.6) is 11.6 Å². The fraction of sp³-hybridized carbons (Fsp3) is 0.333. The van der Waals surface area contributed by atoms with E-state index in [2.05, 4.69) is 20.6 Å². The lowest BCUT2D eigenvalue weighted by atomic mass is 10.2. The molecule has 134 valence electrons. The fourth-order valence-electron chi connectivity index (χ4n) is 2.20. The van der Waals surface area contributed by atoms with Crippen LogP contribution in [0.3, 0.4) is 0 Å². The molecule has 2 rings (SSSR count). The van der Waals surface area contributed by atoms with Gasteiger partial charge in [0.25, 0.3) is 0 Å². The van der Waals surface area contributed by atoms with Crippen molar-refractivity contribution in [3.05, 3.63) is 54.0 Å². The lowest BCUT2D eigenvalue weighted by Gasteiger charge is -2.18. The van der Waals surface area contributed by atoms with Crippen molar-refractivity contribution in [1.29, 1.82) is 0 Å². The minimum atomic E-state index is -0.319. The zero-order chi connectivity index (χ0) is 18.1. The molecule has 0 saturated carbocycles. The highest BCUT2D eigenvalue weighted by atomic mass is 19.1.